The number of nitrogens with one attached hydrogen (secondary N) is 1. The van der Waals surface area contributed by atoms with Gasteiger partial charge in [-0.15, -0.1) is 11.3 Å². The first-order valence-corrected chi connectivity index (χ1v) is 10.2. The number of primary sulfonamides is 1. The fraction of sp³-hybridized carbons (Fsp3) is 0.267. The van der Waals surface area contributed by atoms with E-state index in [2.05, 4.69) is 21.2 Å². The molecule has 0 spiro atoms. The van der Waals surface area contributed by atoms with Gasteiger partial charge in [0.2, 0.25) is 15.9 Å². The number of halogens is 1. The van der Waals surface area contributed by atoms with Gasteiger partial charge in [-0.05, 0) is 30.7 Å². The number of amides is 1. The van der Waals surface area contributed by atoms with Crippen LogP contribution in [0.1, 0.15) is 23.3 Å². The zero-order chi connectivity index (χ0) is 18.1. The second-order valence-corrected chi connectivity index (χ2v) is 9.40. The van der Waals surface area contributed by atoms with Gasteiger partial charge in [0.15, 0.2) is 0 Å². The van der Waals surface area contributed by atoms with Crippen molar-refractivity contribution in [2.45, 2.75) is 30.0 Å². The number of hydrogen-bond acceptors (Lipinski definition) is 5. The van der Waals surface area contributed by atoms with Crippen molar-refractivity contribution in [2.75, 3.05) is 5.32 Å². The smallest absolute Gasteiger partial charge is 0.247 e. The number of rotatable bonds is 5. The van der Waals surface area contributed by atoms with E-state index in [1.165, 1.54) is 6.07 Å². The lowest BCUT2D eigenvalue weighted by Gasteiger charge is -2.20. The van der Waals surface area contributed by atoms with Crippen molar-refractivity contribution < 1.29 is 13.2 Å². The van der Waals surface area contributed by atoms with E-state index >= 15 is 0 Å². The molecule has 9 heteroatoms. The van der Waals surface area contributed by atoms with Crippen molar-refractivity contribution in [1.82, 2.24) is 0 Å². The highest BCUT2D eigenvalue weighted by Gasteiger charge is 2.24. The number of anilines is 1. The molecule has 0 radical (unpaired) electrons. The average Bonchev–Trinajstić information content (AvgIpc) is 2.87. The molecule has 0 aliphatic heterocycles. The van der Waals surface area contributed by atoms with Crippen molar-refractivity contribution in [3.8, 4) is 0 Å². The summed E-state index contributed by atoms with van der Waals surface area (Å²) in [5.74, 6) is -0.594. The molecule has 0 fully saturated rings. The van der Waals surface area contributed by atoms with Crippen LogP contribution in [-0.4, -0.2) is 20.4 Å². The van der Waals surface area contributed by atoms with E-state index in [9.17, 15) is 13.2 Å². The Balaban J connectivity index is 2.16. The highest BCUT2D eigenvalue weighted by Crippen LogP contribution is 2.29. The van der Waals surface area contributed by atoms with Crippen molar-refractivity contribution in [1.29, 1.82) is 0 Å². The summed E-state index contributed by atoms with van der Waals surface area (Å²) in [6, 6.07) is 8.15. The summed E-state index contributed by atoms with van der Waals surface area (Å²) < 4.78 is 23.7. The molecule has 5 N–H and O–H groups in total. The molecule has 2 unspecified atom stereocenters. The third-order valence-corrected chi connectivity index (χ3v) is 6.61. The molecule has 2 aromatic rings. The molecule has 2 atom stereocenters. The minimum absolute atomic E-state index is 0.00362. The molecule has 1 aromatic heterocycles. The van der Waals surface area contributed by atoms with Gasteiger partial charge in [-0.25, -0.2) is 13.6 Å². The molecule has 0 saturated heterocycles. The first kappa shape index (κ1) is 19.1. The van der Waals surface area contributed by atoms with Crippen LogP contribution in [0.15, 0.2) is 39.0 Å². The van der Waals surface area contributed by atoms with E-state index in [-0.39, 0.29) is 16.0 Å². The van der Waals surface area contributed by atoms with E-state index in [0.29, 0.717) is 10.6 Å². The summed E-state index contributed by atoms with van der Waals surface area (Å²) in [7, 11) is -3.79. The number of carbonyl (C=O) groups excluding carboxylic acids is 1. The number of sulfonamides is 1. The molecular weight excluding hydrogens is 414 g/mol. The number of aryl methyl sites for hydroxylation is 1. The van der Waals surface area contributed by atoms with Gasteiger partial charge in [-0.2, -0.15) is 0 Å². The molecule has 0 saturated carbocycles. The minimum Gasteiger partial charge on any atom is -0.324 e. The number of thiophene rings is 1. The average molecular weight is 432 g/mol. The summed E-state index contributed by atoms with van der Waals surface area (Å²) in [5, 5.41) is 7.79. The fourth-order valence-corrected chi connectivity index (χ4v) is 4.40. The van der Waals surface area contributed by atoms with Crippen LogP contribution in [0.5, 0.6) is 0 Å². The van der Waals surface area contributed by atoms with Gasteiger partial charge in [0.25, 0.3) is 0 Å². The van der Waals surface area contributed by atoms with Crippen LogP contribution in [-0.2, 0) is 14.8 Å². The molecule has 1 aromatic carbocycles. The van der Waals surface area contributed by atoms with Crippen LogP contribution in [0.2, 0.25) is 0 Å². The van der Waals surface area contributed by atoms with E-state index < -0.39 is 16.1 Å². The highest BCUT2D eigenvalue weighted by molar-refractivity contribution is 9.10. The molecule has 0 aliphatic rings. The van der Waals surface area contributed by atoms with Crippen LogP contribution in [0.3, 0.4) is 0 Å². The zero-order valence-electron chi connectivity index (χ0n) is 13.1. The number of nitrogens with two attached hydrogens (primary N) is 2. The number of carbonyl (C=O) groups is 1. The Hall–Kier alpha value is -1.26. The predicted molar refractivity (Wildman–Crippen MR) is 99.6 cm³/mol. The summed E-state index contributed by atoms with van der Waals surface area (Å²) in [5.41, 5.74) is 7.40. The lowest BCUT2D eigenvalue weighted by Crippen LogP contribution is -2.39. The van der Waals surface area contributed by atoms with Crippen molar-refractivity contribution >= 4 is 48.9 Å². The van der Waals surface area contributed by atoms with Gasteiger partial charge in [-0.3, -0.25) is 4.79 Å². The normalized spacial score (nSPS) is 14.2. The molecule has 0 aliphatic carbocycles. The van der Waals surface area contributed by atoms with Gasteiger partial charge >= 0.3 is 0 Å². The van der Waals surface area contributed by atoms with E-state index in [0.717, 1.165) is 21.4 Å². The Bertz CT molecular complexity index is 865. The second-order valence-electron chi connectivity index (χ2n) is 5.44. The molecule has 0 bridgehead atoms. The van der Waals surface area contributed by atoms with Gasteiger partial charge in [0, 0.05) is 15.3 Å². The maximum Gasteiger partial charge on any atom is 0.247 e. The molecule has 2 rings (SSSR count). The molecular formula is C15H18BrN3O3S2. The summed E-state index contributed by atoms with van der Waals surface area (Å²) in [6.45, 7) is 3.57. The SMILES string of the molecule is Cc1sc(S(N)(=O)=O)cc1NC(=O)C(N)C(C)c1cccc(Br)c1. The maximum atomic E-state index is 12.4. The minimum atomic E-state index is -3.79. The molecule has 24 heavy (non-hydrogen) atoms. The van der Waals surface area contributed by atoms with E-state index in [4.69, 9.17) is 10.9 Å². The zero-order valence-corrected chi connectivity index (χ0v) is 16.3. The Morgan fingerprint density at radius 3 is 2.54 bits per heavy atom. The molecule has 130 valence electrons. The van der Waals surface area contributed by atoms with Crippen LogP contribution in [0.4, 0.5) is 5.69 Å². The summed E-state index contributed by atoms with van der Waals surface area (Å²) in [6.07, 6.45) is 0. The predicted octanol–water partition coefficient (Wildman–Crippen LogP) is 2.54. The molecule has 1 amide bonds. The lowest BCUT2D eigenvalue weighted by atomic mass is 9.93. The highest BCUT2D eigenvalue weighted by atomic mass is 79.9. The van der Waals surface area contributed by atoms with Crippen LogP contribution in [0.25, 0.3) is 0 Å². The number of benzene rings is 1. The standard InChI is InChI=1S/C15H18BrN3O3S2/c1-8(10-4-3-5-11(16)6-10)14(17)15(20)19-12-7-13(23-9(12)2)24(18,21)22/h3-8,14H,17H2,1-2H3,(H,19,20)(H2,18,21,22). The van der Waals surface area contributed by atoms with Gasteiger partial charge in [-0.1, -0.05) is 35.0 Å². The fourth-order valence-electron chi connectivity index (χ4n) is 2.16. The Morgan fingerprint density at radius 1 is 1.33 bits per heavy atom. The van der Waals surface area contributed by atoms with Gasteiger partial charge in [0.1, 0.15) is 4.21 Å². The van der Waals surface area contributed by atoms with Crippen LogP contribution in [0, 0.1) is 6.92 Å². The second kappa shape index (κ2) is 7.32. The quantitative estimate of drug-likeness (QED) is 0.674. The Kier molecular flexibility index (Phi) is 5.82. The lowest BCUT2D eigenvalue weighted by molar-refractivity contribution is -0.117. The van der Waals surface area contributed by atoms with E-state index in [1.807, 2.05) is 31.2 Å². The first-order chi connectivity index (χ1) is 11.1. The topological polar surface area (TPSA) is 115 Å². The van der Waals surface area contributed by atoms with Crippen molar-refractivity contribution in [3.63, 3.8) is 0 Å². The Morgan fingerprint density at radius 2 is 2.00 bits per heavy atom. The van der Waals surface area contributed by atoms with Gasteiger partial charge in [0.05, 0.1) is 11.7 Å². The summed E-state index contributed by atoms with van der Waals surface area (Å²) >= 11 is 4.40. The van der Waals surface area contributed by atoms with Crippen molar-refractivity contribution in [2.24, 2.45) is 10.9 Å². The van der Waals surface area contributed by atoms with Gasteiger partial charge < -0.3 is 11.1 Å². The van der Waals surface area contributed by atoms with Crippen molar-refractivity contribution in [3.05, 3.63) is 45.2 Å². The monoisotopic (exact) mass is 431 g/mol. The summed E-state index contributed by atoms with van der Waals surface area (Å²) in [4.78, 5) is 13.0. The van der Waals surface area contributed by atoms with Crippen LogP contribution >= 0.6 is 27.3 Å². The largest absolute Gasteiger partial charge is 0.324 e. The van der Waals surface area contributed by atoms with E-state index in [1.54, 1.807) is 6.92 Å². The Labute approximate surface area is 153 Å². The molecule has 6 nitrogen and oxygen atoms in total. The number of hydrogen-bond donors (Lipinski definition) is 3. The molecule has 1 heterocycles. The van der Waals surface area contributed by atoms with Crippen LogP contribution < -0.4 is 16.2 Å². The first-order valence-electron chi connectivity index (χ1n) is 7.04. The third-order valence-electron chi connectivity index (χ3n) is 3.65. The maximum absolute atomic E-state index is 12.4. The third kappa shape index (κ3) is 4.42.